The van der Waals surface area contributed by atoms with Crippen LogP contribution in [0, 0.1) is 13.8 Å². The van der Waals surface area contributed by atoms with Crippen molar-refractivity contribution in [3.05, 3.63) is 140 Å². The number of ketones is 2. The predicted octanol–water partition coefficient (Wildman–Crippen LogP) is 11.5. The van der Waals surface area contributed by atoms with E-state index in [9.17, 15) is 14.4 Å². The number of hydrogen-bond acceptors (Lipinski definition) is 19. The summed E-state index contributed by atoms with van der Waals surface area (Å²) >= 11 is 2.99. The summed E-state index contributed by atoms with van der Waals surface area (Å²) in [4.78, 5) is 68.4. The average molecular weight is 1190 g/mol. The zero-order valence-corrected chi connectivity index (χ0v) is 52.2. The lowest BCUT2D eigenvalue weighted by Gasteiger charge is -2.34. The molecule has 448 valence electrons. The Morgan fingerprint density at radius 2 is 1.14 bits per heavy atom. The minimum absolute atomic E-state index is 0.0458. The average Bonchev–Trinajstić information content (AvgIpc) is 4.28. The molecule has 2 aromatic carbocycles. The minimum atomic E-state index is -0.545. The highest BCUT2D eigenvalue weighted by atomic mass is 32.1. The maximum atomic E-state index is 12.8. The lowest BCUT2D eigenvalue weighted by atomic mass is 9.98. The van der Waals surface area contributed by atoms with Crippen LogP contribution in [0.25, 0.3) is 22.5 Å². The lowest BCUT2D eigenvalue weighted by molar-refractivity contribution is -0.0483. The summed E-state index contributed by atoms with van der Waals surface area (Å²) in [7, 11) is 0. The van der Waals surface area contributed by atoms with Crippen molar-refractivity contribution in [3.63, 3.8) is 0 Å². The third kappa shape index (κ3) is 17.5. The van der Waals surface area contributed by atoms with Crippen LogP contribution in [-0.2, 0) is 51.0 Å². The molecule has 6 aromatic heterocycles. The van der Waals surface area contributed by atoms with Crippen molar-refractivity contribution >= 4 is 63.6 Å². The maximum absolute atomic E-state index is 12.8. The van der Waals surface area contributed by atoms with Gasteiger partial charge in [0, 0.05) is 91.6 Å². The Morgan fingerprint density at radius 1 is 0.647 bits per heavy atom. The van der Waals surface area contributed by atoms with Gasteiger partial charge in [-0.05, 0) is 94.0 Å². The first kappa shape index (κ1) is 61.9. The van der Waals surface area contributed by atoms with Gasteiger partial charge >= 0.3 is 6.09 Å². The number of anilines is 4. The number of carbonyl (C=O) groups excluding carboxylic acids is 3. The standard InChI is InChI=1S/C34H43N7O4S.C29H35N7O2S/c1-22-16-24(9-8-23(22)10-11-28(42)29-18-36-30(46-29)33(2,3)4)27-12-13-35-31(39-27)38-25-17-37-41(19-25)21-26-20-40(14-15-44-26)32(43)45-34(5,6)7;1-19-13-21(6-5-20(19)7-8-25(37)26-16-32-27(39-26)29(2,3)4)24-9-10-31-28(35-24)34-22-14-33-36(17-22)18-23-15-30-11-12-38-23/h8-9,12-13,16-19,26H,10-11,14-15,20-21H2,1-7H3,(H,35,38,39);5-6,9-10,13-14,16-17,23,30H,7-8,11-12,15,18H2,1-4H3,(H,31,34,35)/t26-;23-/m00/s1. The fourth-order valence-corrected chi connectivity index (χ4v) is 11.3. The first-order valence-corrected chi connectivity index (χ1v) is 30.5. The van der Waals surface area contributed by atoms with Gasteiger partial charge in [-0.2, -0.15) is 10.2 Å². The number of hydrogen-bond donors (Lipinski definition) is 3. The second kappa shape index (κ2) is 27.2. The van der Waals surface area contributed by atoms with Crippen molar-refractivity contribution in [2.45, 2.75) is 144 Å². The van der Waals surface area contributed by atoms with E-state index in [2.05, 4.69) is 132 Å². The van der Waals surface area contributed by atoms with E-state index in [0.717, 1.165) is 95.6 Å². The number of nitrogens with one attached hydrogen (secondary N) is 3. The van der Waals surface area contributed by atoms with Gasteiger partial charge in [-0.3, -0.25) is 19.0 Å². The first-order valence-electron chi connectivity index (χ1n) is 28.8. The molecular weight excluding hydrogens is 1110 g/mol. The molecule has 2 aliphatic rings. The van der Waals surface area contributed by atoms with Crippen molar-refractivity contribution < 1.29 is 28.6 Å². The van der Waals surface area contributed by atoms with Gasteiger partial charge in [0.2, 0.25) is 11.9 Å². The molecule has 0 saturated carbocycles. The number of nitrogens with zero attached hydrogens (tertiary/aromatic N) is 11. The number of amides is 1. The molecule has 3 N–H and O–H groups in total. The van der Waals surface area contributed by atoms with Crippen molar-refractivity contribution in [1.29, 1.82) is 0 Å². The minimum Gasteiger partial charge on any atom is -0.444 e. The number of carbonyl (C=O) groups is 3. The SMILES string of the molecule is Cc1cc(-c2ccnc(Nc3cnn(C[C@@H]4CN(C(=O)OC(C)(C)C)CCO4)c3)n2)ccc1CCC(=O)c1cnc(C(C)(C)C)s1.Cc1cc(-c2ccnc(Nc3cnn(C[C@@H]4CNCCO4)c3)n2)ccc1CCC(=O)c1cnc(C(C)(C)C)s1. The number of aryl methyl sites for hydroxylation is 4. The second-order valence-electron chi connectivity index (χ2n) is 24.5. The molecule has 8 aromatic rings. The molecule has 8 heterocycles. The van der Waals surface area contributed by atoms with E-state index in [1.165, 1.54) is 22.7 Å². The zero-order valence-electron chi connectivity index (χ0n) is 50.6. The van der Waals surface area contributed by atoms with E-state index < -0.39 is 5.60 Å². The molecular formula is C63H78N14O6S2. The fraction of sp³-hybridized carbons (Fsp3) is 0.444. The van der Waals surface area contributed by atoms with Crippen LogP contribution in [0.1, 0.15) is 127 Å². The molecule has 0 aliphatic carbocycles. The Bertz CT molecular complexity index is 3580. The number of thiazole rings is 2. The number of benzene rings is 2. The van der Waals surface area contributed by atoms with E-state index in [1.807, 2.05) is 56.0 Å². The highest BCUT2D eigenvalue weighted by molar-refractivity contribution is 7.14. The summed E-state index contributed by atoms with van der Waals surface area (Å²) in [5.74, 6) is 1.23. The molecule has 22 heteroatoms. The Balaban J connectivity index is 0.000000206. The number of rotatable bonds is 18. The van der Waals surface area contributed by atoms with Crippen LogP contribution in [0.5, 0.6) is 0 Å². The Hall–Kier alpha value is -7.63. The van der Waals surface area contributed by atoms with Crippen molar-refractivity contribution in [2.75, 3.05) is 50.0 Å². The highest BCUT2D eigenvalue weighted by Gasteiger charge is 2.29. The van der Waals surface area contributed by atoms with E-state index in [-0.39, 0.29) is 40.7 Å². The molecule has 1 amide bonds. The monoisotopic (exact) mass is 1190 g/mol. The summed E-state index contributed by atoms with van der Waals surface area (Å²) < 4.78 is 20.8. The molecule has 20 nitrogen and oxygen atoms in total. The Kier molecular flexibility index (Phi) is 19.8. The van der Waals surface area contributed by atoms with Crippen LogP contribution < -0.4 is 16.0 Å². The summed E-state index contributed by atoms with van der Waals surface area (Å²) in [6.45, 7) is 27.4. The van der Waals surface area contributed by atoms with Gasteiger partial charge in [0.25, 0.3) is 0 Å². The van der Waals surface area contributed by atoms with E-state index in [1.54, 1.807) is 46.8 Å². The molecule has 85 heavy (non-hydrogen) atoms. The molecule has 10 rings (SSSR count). The molecule has 2 saturated heterocycles. The second-order valence-corrected chi connectivity index (χ2v) is 26.5. The number of Topliss-reactive ketones (excluding diaryl/α,β-unsaturated/α-hetero) is 2. The predicted molar refractivity (Wildman–Crippen MR) is 333 cm³/mol. The van der Waals surface area contributed by atoms with E-state index in [0.29, 0.717) is 70.4 Å². The molecule has 0 spiro atoms. The van der Waals surface area contributed by atoms with Gasteiger partial charge in [0.15, 0.2) is 11.6 Å². The van der Waals surface area contributed by atoms with E-state index >= 15 is 0 Å². The van der Waals surface area contributed by atoms with Gasteiger partial charge in [-0.25, -0.2) is 34.7 Å². The van der Waals surface area contributed by atoms with Gasteiger partial charge < -0.3 is 35.1 Å². The molecule has 0 bridgehead atoms. The normalized spacial score (nSPS) is 15.7. The lowest BCUT2D eigenvalue weighted by Crippen LogP contribution is -2.48. The summed E-state index contributed by atoms with van der Waals surface area (Å²) in [5, 5.41) is 20.7. The van der Waals surface area contributed by atoms with Gasteiger partial charge in [-0.1, -0.05) is 65.8 Å². The maximum Gasteiger partial charge on any atom is 0.410 e. The van der Waals surface area contributed by atoms with Crippen molar-refractivity contribution in [2.24, 2.45) is 0 Å². The topological polar surface area (TPSA) is 231 Å². The highest BCUT2D eigenvalue weighted by Crippen LogP contribution is 2.31. The number of morpholine rings is 2. The molecule has 0 unspecified atom stereocenters. The Labute approximate surface area is 505 Å². The zero-order chi connectivity index (χ0) is 60.5. The van der Waals surface area contributed by atoms with Crippen LogP contribution >= 0.6 is 22.7 Å². The Morgan fingerprint density at radius 3 is 1.59 bits per heavy atom. The third-order valence-corrected chi connectivity index (χ3v) is 17.0. The van der Waals surface area contributed by atoms with Gasteiger partial charge in [-0.15, -0.1) is 22.7 Å². The number of aromatic nitrogens is 10. The first-order chi connectivity index (χ1) is 40.5. The summed E-state index contributed by atoms with van der Waals surface area (Å²) in [5.41, 5.74) is 9.02. The van der Waals surface area contributed by atoms with Gasteiger partial charge in [0.1, 0.15) is 5.60 Å². The smallest absolute Gasteiger partial charge is 0.410 e. The summed E-state index contributed by atoms with van der Waals surface area (Å²) in [6, 6.07) is 16.2. The molecule has 2 fully saturated rings. The largest absolute Gasteiger partial charge is 0.444 e. The fourth-order valence-electron chi connectivity index (χ4n) is 9.46. The van der Waals surface area contributed by atoms with Crippen LogP contribution in [-0.4, -0.2) is 129 Å². The van der Waals surface area contributed by atoms with Crippen molar-refractivity contribution in [3.8, 4) is 22.5 Å². The van der Waals surface area contributed by atoms with Crippen LogP contribution in [0.2, 0.25) is 0 Å². The summed E-state index contributed by atoms with van der Waals surface area (Å²) in [6.07, 6.45) is 16.0. The van der Waals surface area contributed by atoms with Crippen molar-refractivity contribution in [1.82, 2.24) is 59.7 Å². The molecule has 0 radical (unpaired) electrons. The molecule has 2 atom stereocenters. The van der Waals surface area contributed by atoms with Crippen LogP contribution in [0.3, 0.4) is 0 Å². The third-order valence-electron chi connectivity index (χ3n) is 14.0. The van der Waals surface area contributed by atoms with Crippen LogP contribution in [0.4, 0.5) is 28.1 Å². The van der Waals surface area contributed by atoms with Gasteiger partial charge in [0.05, 0.1) is 100.0 Å². The molecule has 2 aliphatic heterocycles. The van der Waals surface area contributed by atoms with E-state index in [4.69, 9.17) is 24.2 Å². The number of ether oxygens (including phenoxy) is 3. The van der Waals surface area contributed by atoms with Crippen LogP contribution in [0.15, 0.2) is 98.1 Å². The quantitative estimate of drug-likeness (QED) is 0.0678.